The molecule has 3 nitrogen and oxygen atoms in total. The number of hydrogen-bond acceptors (Lipinski definition) is 3. The summed E-state index contributed by atoms with van der Waals surface area (Å²) in [6.07, 6.45) is 4.72. The van der Waals surface area contributed by atoms with E-state index in [0.717, 1.165) is 22.6 Å². The molecule has 0 saturated heterocycles. The lowest BCUT2D eigenvalue weighted by Gasteiger charge is -2.17. The van der Waals surface area contributed by atoms with Gasteiger partial charge in [0.1, 0.15) is 5.82 Å². The first kappa shape index (κ1) is 14.2. The van der Waals surface area contributed by atoms with Gasteiger partial charge in [-0.3, -0.25) is 0 Å². The molecule has 0 aliphatic heterocycles. The molecule has 0 aliphatic rings. The lowest BCUT2D eigenvalue weighted by Crippen LogP contribution is -2.24. The third-order valence-corrected chi connectivity index (χ3v) is 5.20. The van der Waals surface area contributed by atoms with Crippen LogP contribution >= 0.6 is 43.2 Å². The highest BCUT2D eigenvalue weighted by Crippen LogP contribution is 2.36. The van der Waals surface area contributed by atoms with Gasteiger partial charge in [0.25, 0.3) is 0 Å². The third-order valence-electron chi connectivity index (χ3n) is 2.82. The predicted octanol–water partition coefficient (Wildman–Crippen LogP) is 3.90. The van der Waals surface area contributed by atoms with E-state index in [2.05, 4.69) is 59.7 Å². The minimum atomic E-state index is 0.285. The van der Waals surface area contributed by atoms with Crippen LogP contribution in [0.3, 0.4) is 0 Å². The first-order valence-corrected chi connectivity index (χ1v) is 8.16. The zero-order chi connectivity index (χ0) is 13.1. The first-order chi connectivity index (χ1) is 8.61. The van der Waals surface area contributed by atoms with Crippen LogP contribution in [0.2, 0.25) is 0 Å². The average Bonchev–Trinajstić information content (AvgIpc) is 2.85. The average molecular weight is 393 g/mol. The molecule has 0 radical (unpaired) electrons. The van der Waals surface area contributed by atoms with Gasteiger partial charge in [-0.15, -0.1) is 11.3 Å². The highest BCUT2D eigenvalue weighted by molar-refractivity contribution is 9.12. The molecule has 6 heteroatoms. The number of aromatic nitrogens is 2. The van der Waals surface area contributed by atoms with Crippen LogP contribution in [0.25, 0.3) is 0 Å². The Bertz CT molecular complexity index is 521. The molecule has 18 heavy (non-hydrogen) atoms. The first-order valence-electron chi connectivity index (χ1n) is 5.76. The van der Waals surface area contributed by atoms with Gasteiger partial charge in [0.15, 0.2) is 0 Å². The summed E-state index contributed by atoms with van der Waals surface area (Å²) < 4.78 is 4.39. The monoisotopic (exact) mass is 391 g/mol. The van der Waals surface area contributed by atoms with Crippen molar-refractivity contribution in [2.45, 2.75) is 19.4 Å². The van der Waals surface area contributed by atoms with Crippen LogP contribution in [0.5, 0.6) is 0 Å². The summed E-state index contributed by atoms with van der Waals surface area (Å²) in [4.78, 5) is 4.40. The van der Waals surface area contributed by atoms with Crippen LogP contribution in [-0.4, -0.2) is 16.1 Å². The Morgan fingerprint density at radius 2 is 2.28 bits per heavy atom. The highest BCUT2D eigenvalue weighted by atomic mass is 79.9. The van der Waals surface area contributed by atoms with E-state index in [-0.39, 0.29) is 6.04 Å². The molecule has 0 fully saturated rings. The number of halogens is 2. The quantitative estimate of drug-likeness (QED) is 0.836. The molecule has 0 aromatic carbocycles. The molecular formula is C12H15Br2N3S. The highest BCUT2D eigenvalue weighted by Gasteiger charge is 2.18. The molecule has 1 N–H and O–H groups in total. The summed E-state index contributed by atoms with van der Waals surface area (Å²) in [7, 11) is 2.03. The molecule has 1 atom stereocenters. The third kappa shape index (κ3) is 3.23. The van der Waals surface area contributed by atoms with E-state index >= 15 is 0 Å². The normalized spacial score (nSPS) is 12.9. The lowest BCUT2D eigenvalue weighted by molar-refractivity contribution is 0.529. The summed E-state index contributed by atoms with van der Waals surface area (Å²) >= 11 is 8.87. The minimum absolute atomic E-state index is 0.285. The van der Waals surface area contributed by atoms with Crippen LogP contribution in [0, 0.1) is 0 Å². The van der Waals surface area contributed by atoms with Gasteiger partial charge in [0.05, 0.1) is 7.57 Å². The minimum Gasteiger partial charge on any atom is -0.338 e. The van der Waals surface area contributed by atoms with Gasteiger partial charge >= 0.3 is 0 Å². The van der Waals surface area contributed by atoms with Gasteiger partial charge in [-0.05, 0) is 50.0 Å². The van der Waals surface area contributed by atoms with E-state index < -0.39 is 0 Å². The number of likely N-dealkylation sites (N-methyl/N-ethyl adjacent to an activating group) is 1. The second-order valence-electron chi connectivity index (χ2n) is 4.05. The van der Waals surface area contributed by atoms with E-state index in [4.69, 9.17) is 0 Å². The zero-order valence-corrected chi connectivity index (χ0v) is 14.3. The SMILES string of the molecule is CCNC(Cc1nccn1C)c1cc(Br)sc1Br. The van der Waals surface area contributed by atoms with Crippen molar-refractivity contribution < 1.29 is 0 Å². The number of rotatable bonds is 5. The summed E-state index contributed by atoms with van der Waals surface area (Å²) in [6, 6.07) is 2.46. The number of nitrogens with one attached hydrogen (secondary N) is 1. The molecule has 2 aromatic heterocycles. The van der Waals surface area contributed by atoms with Gasteiger partial charge in [-0.2, -0.15) is 0 Å². The van der Waals surface area contributed by atoms with Crippen LogP contribution in [0.4, 0.5) is 0 Å². The Labute approximate surface area is 128 Å². The van der Waals surface area contributed by atoms with Crippen molar-refractivity contribution in [2.75, 3.05) is 6.54 Å². The topological polar surface area (TPSA) is 29.9 Å². The van der Waals surface area contributed by atoms with Crippen LogP contribution in [0.15, 0.2) is 26.0 Å². The molecular weight excluding hydrogens is 378 g/mol. The number of thiophene rings is 1. The lowest BCUT2D eigenvalue weighted by atomic mass is 10.1. The van der Waals surface area contributed by atoms with Crippen LogP contribution in [0.1, 0.15) is 24.4 Å². The van der Waals surface area contributed by atoms with Crippen molar-refractivity contribution in [1.82, 2.24) is 14.9 Å². The molecule has 0 bridgehead atoms. The van der Waals surface area contributed by atoms with Crippen LogP contribution < -0.4 is 5.32 Å². The van der Waals surface area contributed by atoms with Gasteiger partial charge in [0, 0.05) is 31.9 Å². The maximum Gasteiger partial charge on any atom is 0.110 e. The van der Waals surface area contributed by atoms with E-state index in [0.29, 0.717) is 0 Å². The van der Waals surface area contributed by atoms with Crippen LogP contribution in [-0.2, 0) is 13.5 Å². The van der Waals surface area contributed by atoms with Crippen molar-refractivity contribution in [1.29, 1.82) is 0 Å². The molecule has 2 rings (SSSR count). The Morgan fingerprint density at radius 1 is 1.50 bits per heavy atom. The Kier molecular flexibility index (Phi) is 5.00. The standard InChI is InChI=1S/C12H15Br2N3S/c1-3-15-9(7-11-16-4-5-17(11)2)8-6-10(13)18-12(8)14/h4-6,9,15H,3,7H2,1-2H3. The van der Waals surface area contributed by atoms with Crippen molar-refractivity contribution in [3.05, 3.63) is 37.4 Å². The Morgan fingerprint density at radius 3 is 2.78 bits per heavy atom. The van der Waals surface area contributed by atoms with Gasteiger partial charge in [0.2, 0.25) is 0 Å². The fourth-order valence-corrected chi connectivity index (χ4v) is 4.88. The molecule has 0 aliphatic carbocycles. The fraction of sp³-hybridized carbons (Fsp3) is 0.417. The largest absolute Gasteiger partial charge is 0.338 e. The van der Waals surface area contributed by atoms with E-state index in [9.17, 15) is 0 Å². The molecule has 2 aromatic rings. The molecule has 0 saturated carbocycles. The number of imidazole rings is 1. The second kappa shape index (κ2) is 6.32. The van der Waals surface area contributed by atoms with Crippen molar-refractivity contribution in [2.24, 2.45) is 7.05 Å². The number of hydrogen-bond donors (Lipinski definition) is 1. The summed E-state index contributed by atoms with van der Waals surface area (Å²) in [5.74, 6) is 1.09. The summed E-state index contributed by atoms with van der Waals surface area (Å²) in [6.45, 7) is 3.07. The fourth-order valence-electron chi connectivity index (χ4n) is 1.90. The maximum atomic E-state index is 4.40. The zero-order valence-electron chi connectivity index (χ0n) is 10.3. The predicted molar refractivity (Wildman–Crippen MR) is 83.0 cm³/mol. The van der Waals surface area contributed by atoms with Crippen molar-refractivity contribution >= 4 is 43.2 Å². The van der Waals surface area contributed by atoms with E-state index in [1.165, 1.54) is 9.35 Å². The Balaban J connectivity index is 2.23. The van der Waals surface area contributed by atoms with Gasteiger partial charge in [-0.25, -0.2) is 4.98 Å². The van der Waals surface area contributed by atoms with Crippen molar-refractivity contribution in [3.63, 3.8) is 0 Å². The molecule has 0 amide bonds. The smallest absolute Gasteiger partial charge is 0.110 e. The van der Waals surface area contributed by atoms with E-state index in [1.54, 1.807) is 11.3 Å². The van der Waals surface area contributed by atoms with E-state index in [1.807, 2.05) is 19.4 Å². The molecule has 98 valence electrons. The molecule has 2 heterocycles. The van der Waals surface area contributed by atoms with Gasteiger partial charge in [-0.1, -0.05) is 6.92 Å². The maximum absolute atomic E-state index is 4.40. The Hall–Kier alpha value is -0.170. The summed E-state index contributed by atoms with van der Waals surface area (Å²) in [5, 5.41) is 3.52. The van der Waals surface area contributed by atoms with Gasteiger partial charge < -0.3 is 9.88 Å². The number of aryl methyl sites for hydroxylation is 1. The molecule has 0 spiro atoms. The molecule has 1 unspecified atom stereocenters. The second-order valence-corrected chi connectivity index (χ2v) is 7.80. The number of nitrogens with zero attached hydrogens (tertiary/aromatic N) is 2. The van der Waals surface area contributed by atoms with Crippen molar-refractivity contribution in [3.8, 4) is 0 Å². The summed E-state index contributed by atoms with van der Waals surface area (Å²) in [5.41, 5.74) is 1.29.